The molecule has 9 heteroatoms. The Hall–Kier alpha value is -2.16. The molecule has 1 heterocycles. The van der Waals surface area contributed by atoms with Gasteiger partial charge in [0.15, 0.2) is 0 Å². The summed E-state index contributed by atoms with van der Waals surface area (Å²) in [5.41, 5.74) is 4.64. The number of carbonyl (C=O) groups excluding carboxylic acids is 2. The second-order valence-corrected chi connectivity index (χ2v) is 6.21. The number of nitrogens with two attached hydrogens (primary N) is 1. The number of hydrogen-bond donors (Lipinski definition) is 4. The molecular weight excluding hydrogens is 306 g/mol. The van der Waals surface area contributed by atoms with Crippen LogP contribution in [0.5, 0.6) is 0 Å². The quantitative estimate of drug-likeness (QED) is 0.475. The molecule has 9 nitrogen and oxygen atoms in total. The first-order chi connectivity index (χ1) is 10.5. The van der Waals surface area contributed by atoms with Gasteiger partial charge in [0, 0.05) is 13.0 Å². The molecule has 0 aromatic rings. The van der Waals surface area contributed by atoms with E-state index >= 15 is 0 Å². The normalized spacial score (nSPS) is 19.3. The zero-order chi connectivity index (χ0) is 17.8. The minimum atomic E-state index is -1.31. The Morgan fingerprint density at radius 3 is 2.39 bits per heavy atom. The molecule has 0 radical (unpaired) electrons. The molecule has 0 aliphatic carbocycles. The minimum Gasteiger partial charge on any atom is -0.481 e. The maximum absolute atomic E-state index is 12.3. The molecule has 130 valence electrons. The zero-order valence-corrected chi connectivity index (χ0v) is 13.2. The molecule has 2 amide bonds. The van der Waals surface area contributed by atoms with Gasteiger partial charge in [0.25, 0.3) is 0 Å². The fourth-order valence-corrected chi connectivity index (χ4v) is 2.45. The number of aliphatic carboxylic acids is 2. The number of hydrogen-bond acceptors (Lipinski definition) is 5. The Balaban J connectivity index is 2.76. The van der Waals surface area contributed by atoms with Gasteiger partial charge in [-0.05, 0) is 33.1 Å². The van der Waals surface area contributed by atoms with E-state index in [1.807, 2.05) is 0 Å². The highest BCUT2D eigenvalue weighted by Gasteiger charge is 2.39. The second-order valence-electron chi connectivity index (χ2n) is 6.21. The third-order valence-corrected chi connectivity index (χ3v) is 3.63. The SMILES string of the molecule is CC(C)(N)C(=O)N1CCCC1C(=O)NC(CCC(=O)O)C(=O)O. The van der Waals surface area contributed by atoms with Crippen molar-refractivity contribution in [3.8, 4) is 0 Å². The van der Waals surface area contributed by atoms with Crippen molar-refractivity contribution in [2.24, 2.45) is 5.73 Å². The van der Waals surface area contributed by atoms with Crippen molar-refractivity contribution in [1.29, 1.82) is 0 Å². The molecule has 1 rings (SSSR count). The number of carbonyl (C=O) groups is 4. The van der Waals surface area contributed by atoms with Crippen molar-refractivity contribution in [2.45, 2.75) is 57.2 Å². The summed E-state index contributed by atoms with van der Waals surface area (Å²) in [4.78, 5) is 47.6. The number of nitrogens with zero attached hydrogens (tertiary/aromatic N) is 1. The van der Waals surface area contributed by atoms with Crippen molar-refractivity contribution in [3.05, 3.63) is 0 Å². The van der Waals surface area contributed by atoms with Crippen molar-refractivity contribution >= 4 is 23.8 Å². The highest BCUT2D eigenvalue weighted by atomic mass is 16.4. The van der Waals surface area contributed by atoms with Gasteiger partial charge < -0.3 is 26.2 Å². The number of carboxylic acids is 2. The Labute approximate surface area is 133 Å². The van der Waals surface area contributed by atoms with Gasteiger partial charge in [-0.1, -0.05) is 0 Å². The molecule has 1 aliphatic rings. The highest BCUT2D eigenvalue weighted by Crippen LogP contribution is 2.21. The largest absolute Gasteiger partial charge is 0.481 e. The highest BCUT2D eigenvalue weighted by molar-refractivity contribution is 5.93. The fraction of sp³-hybridized carbons (Fsp3) is 0.714. The summed E-state index contributed by atoms with van der Waals surface area (Å²) in [6, 6.07) is -2.08. The van der Waals surface area contributed by atoms with Crippen LogP contribution in [0.1, 0.15) is 39.5 Å². The van der Waals surface area contributed by atoms with Crippen molar-refractivity contribution in [2.75, 3.05) is 6.54 Å². The van der Waals surface area contributed by atoms with Gasteiger partial charge in [0.2, 0.25) is 11.8 Å². The number of carboxylic acid groups (broad SMARTS) is 2. The smallest absolute Gasteiger partial charge is 0.326 e. The molecule has 0 aromatic heterocycles. The first-order valence-electron chi connectivity index (χ1n) is 7.39. The Bertz CT molecular complexity index is 499. The van der Waals surface area contributed by atoms with Crippen molar-refractivity contribution in [1.82, 2.24) is 10.2 Å². The summed E-state index contributed by atoms with van der Waals surface area (Å²) >= 11 is 0. The maximum Gasteiger partial charge on any atom is 0.326 e. The van der Waals surface area contributed by atoms with Crippen LogP contribution in [0, 0.1) is 0 Å². The van der Waals surface area contributed by atoms with Crippen LogP contribution in [-0.4, -0.2) is 63.0 Å². The van der Waals surface area contributed by atoms with Gasteiger partial charge in [0.05, 0.1) is 5.54 Å². The van der Waals surface area contributed by atoms with Crippen LogP contribution in [0.4, 0.5) is 0 Å². The number of rotatable bonds is 7. The molecule has 0 bridgehead atoms. The van der Waals surface area contributed by atoms with Crippen LogP contribution in [-0.2, 0) is 19.2 Å². The molecule has 0 saturated carbocycles. The van der Waals surface area contributed by atoms with Gasteiger partial charge in [-0.15, -0.1) is 0 Å². The molecule has 1 fully saturated rings. The first-order valence-corrected chi connectivity index (χ1v) is 7.39. The third-order valence-electron chi connectivity index (χ3n) is 3.63. The molecule has 1 aliphatic heterocycles. The van der Waals surface area contributed by atoms with E-state index in [2.05, 4.69) is 5.32 Å². The second kappa shape index (κ2) is 7.40. The zero-order valence-electron chi connectivity index (χ0n) is 13.2. The van der Waals surface area contributed by atoms with Gasteiger partial charge in [-0.2, -0.15) is 0 Å². The lowest BCUT2D eigenvalue weighted by molar-refractivity contribution is -0.145. The lowest BCUT2D eigenvalue weighted by Crippen LogP contribution is -2.57. The molecule has 5 N–H and O–H groups in total. The number of amides is 2. The number of likely N-dealkylation sites (tertiary alicyclic amines) is 1. The number of nitrogens with one attached hydrogen (secondary N) is 1. The van der Waals surface area contributed by atoms with Crippen LogP contribution >= 0.6 is 0 Å². The van der Waals surface area contributed by atoms with Crippen LogP contribution < -0.4 is 11.1 Å². The standard InChI is InChI=1S/C14H23N3O6/c1-14(2,15)13(23)17-7-3-4-9(17)11(20)16-8(12(21)22)5-6-10(18)19/h8-9H,3-7,15H2,1-2H3,(H,16,20)(H,18,19)(H,21,22). The van der Waals surface area contributed by atoms with E-state index in [9.17, 15) is 19.2 Å². The third kappa shape index (κ3) is 5.20. The minimum absolute atomic E-state index is 0.223. The summed E-state index contributed by atoms with van der Waals surface area (Å²) in [6.07, 6.45) is 0.436. The van der Waals surface area contributed by atoms with Gasteiger partial charge in [0.1, 0.15) is 12.1 Å². The first kappa shape index (κ1) is 18.9. The lowest BCUT2D eigenvalue weighted by Gasteiger charge is -2.30. The topological polar surface area (TPSA) is 150 Å². The molecule has 2 unspecified atom stereocenters. The van der Waals surface area contributed by atoms with Crippen LogP contribution in [0.25, 0.3) is 0 Å². The lowest BCUT2D eigenvalue weighted by atomic mass is 10.0. The predicted octanol–water partition coefficient (Wildman–Crippen LogP) is -0.851. The summed E-state index contributed by atoms with van der Waals surface area (Å²) in [5.74, 6) is -3.44. The van der Waals surface area contributed by atoms with E-state index in [1.165, 1.54) is 18.7 Å². The molecule has 0 spiro atoms. The Kier molecular flexibility index (Phi) is 6.08. The van der Waals surface area contributed by atoms with Crippen molar-refractivity contribution < 1.29 is 29.4 Å². The van der Waals surface area contributed by atoms with E-state index in [4.69, 9.17) is 15.9 Å². The van der Waals surface area contributed by atoms with E-state index in [0.29, 0.717) is 19.4 Å². The predicted molar refractivity (Wildman–Crippen MR) is 79.4 cm³/mol. The Morgan fingerprint density at radius 1 is 1.30 bits per heavy atom. The molecule has 1 saturated heterocycles. The molecule has 23 heavy (non-hydrogen) atoms. The van der Waals surface area contributed by atoms with Gasteiger partial charge in [-0.25, -0.2) is 4.79 Å². The van der Waals surface area contributed by atoms with E-state index in [-0.39, 0.29) is 18.7 Å². The average Bonchev–Trinajstić information content (AvgIpc) is 2.89. The molecule has 0 aromatic carbocycles. The van der Waals surface area contributed by atoms with E-state index in [0.717, 1.165) is 0 Å². The van der Waals surface area contributed by atoms with Crippen LogP contribution in [0.15, 0.2) is 0 Å². The fourth-order valence-electron chi connectivity index (χ4n) is 2.45. The molecule has 2 atom stereocenters. The Morgan fingerprint density at radius 2 is 1.91 bits per heavy atom. The van der Waals surface area contributed by atoms with E-state index < -0.39 is 35.5 Å². The van der Waals surface area contributed by atoms with Gasteiger partial charge in [-0.3, -0.25) is 14.4 Å². The molecular formula is C14H23N3O6. The maximum atomic E-state index is 12.3. The van der Waals surface area contributed by atoms with Crippen LogP contribution in [0.3, 0.4) is 0 Å². The monoisotopic (exact) mass is 329 g/mol. The average molecular weight is 329 g/mol. The van der Waals surface area contributed by atoms with Gasteiger partial charge >= 0.3 is 11.9 Å². The van der Waals surface area contributed by atoms with Crippen molar-refractivity contribution in [3.63, 3.8) is 0 Å². The summed E-state index contributed by atoms with van der Waals surface area (Å²) in [6.45, 7) is 3.45. The summed E-state index contributed by atoms with van der Waals surface area (Å²) in [5, 5.41) is 20.0. The van der Waals surface area contributed by atoms with Crippen LogP contribution in [0.2, 0.25) is 0 Å². The summed E-state index contributed by atoms with van der Waals surface area (Å²) < 4.78 is 0. The summed E-state index contributed by atoms with van der Waals surface area (Å²) in [7, 11) is 0. The van der Waals surface area contributed by atoms with E-state index in [1.54, 1.807) is 0 Å².